The van der Waals surface area contributed by atoms with E-state index in [0.717, 1.165) is 25.7 Å². The topological polar surface area (TPSA) is 102 Å². The van der Waals surface area contributed by atoms with Crippen molar-refractivity contribution in [3.05, 3.63) is 28.3 Å². The van der Waals surface area contributed by atoms with Crippen molar-refractivity contribution in [3.63, 3.8) is 0 Å². The lowest BCUT2D eigenvalue weighted by molar-refractivity contribution is -0.387. The molecular formula is C15H23N3O5S. The van der Waals surface area contributed by atoms with E-state index in [-0.39, 0.29) is 17.2 Å². The molecule has 0 saturated carbocycles. The maximum atomic E-state index is 12.3. The second kappa shape index (κ2) is 8.41. The average Bonchev–Trinajstić information content (AvgIpc) is 2.59. The molecule has 1 saturated heterocycles. The lowest BCUT2D eigenvalue weighted by atomic mass is 10.1. The van der Waals surface area contributed by atoms with Gasteiger partial charge >= 0.3 is 0 Å². The maximum absolute atomic E-state index is 12.3. The van der Waals surface area contributed by atoms with Crippen molar-refractivity contribution in [1.82, 2.24) is 9.62 Å². The Bertz CT molecular complexity index is 672. The quantitative estimate of drug-likeness (QED) is 0.432. The molecule has 0 radical (unpaired) electrons. The molecule has 134 valence electrons. The summed E-state index contributed by atoms with van der Waals surface area (Å²) < 4.78 is 32.0. The smallest absolute Gasteiger partial charge is 0.293 e. The van der Waals surface area contributed by atoms with Crippen LogP contribution in [0.4, 0.5) is 5.69 Å². The molecule has 0 unspecified atom stereocenters. The monoisotopic (exact) mass is 357 g/mol. The van der Waals surface area contributed by atoms with Crippen molar-refractivity contribution in [1.29, 1.82) is 0 Å². The average molecular weight is 357 g/mol. The standard InChI is InChI=1S/C15H23N3O5S/c1-23-13-6-7-15(14(12-13)18(19)20)24(21,22)16-8-5-11-17-9-3-2-4-10-17/h6-7,12,16H,2-5,8-11H2,1H3. The van der Waals surface area contributed by atoms with Gasteiger partial charge in [-0.05, 0) is 51.0 Å². The predicted molar refractivity (Wildman–Crippen MR) is 89.7 cm³/mol. The van der Waals surface area contributed by atoms with E-state index in [1.165, 1.54) is 38.5 Å². The summed E-state index contributed by atoms with van der Waals surface area (Å²) in [6, 6.07) is 3.71. The van der Waals surface area contributed by atoms with Gasteiger partial charge in [-0.15, -0.1) is 0 Å². The Morgan fingerprint density at radius 2 is 2.00 bits per heavy atom. The number of benzene rings is 1. The van der Waals surface area contributed by atoms with Crippen molar-refractivity contribution >= 4 is 15.7 Å². The summed E-state index contributed by atoms with van der Waals surface area (Å²) in [7, 11) is -2.56. The summed E-state index contributed by atoms with van der Waals surface area (Å²) in [4.78, 5) is 12.4. The third-order valence-corrected chi connectivity index (χ3v) is 5.55. The van der Waals surface area contributed by atoms with Crippen molar-refractivity contribution in [2.24, 2.45) is 0 Å². The summed E-state index contributed by atoms with van der Waals surface area (Å²) >= 11 is 0. The van der Waals surface area contributed by atoms with E-state index in [4.69, 9.17) is 4.74 Å². The van der Waals surface area contributed by atoms with Crippen LogP contribution < -0.4 is 9.46 Å². The van der Waals surface area contributed by atoms with Crippen molar-refractivity contribution < 1.29 is 18.1 Å². The molecule has 1 fully saturated rings. The Kier molecular flexibility index (Phi) is 6.52. The molecule has 1 aliphatic heterocycles. The zero-order valence-electron chi connectivity index (χ0n) is 13.7. The van der Waals surface area contributed by atoms with Gasteiger partial charge in [0.1, 0.15) is 5.75 Å². The normalized spacial score (nSPS) is 16.0. The molecule has 0 amide bonds. The molecule has 24 heavy (non-hydrogen) atoms. The Morgan fingerprint density at radius 3 is 2.62 bits per heavy atom. The van der Waals surface area contributed by atoms with Crippen LogP contribution in [0.2, 0.25) is 0 Å². The first-order valence-electron chi connectivity index (χ1n) is 7.98. The minimum absolute atomic E-state index is 0.241. The van der Waals surface area contributed by atoms with Crippen LogP contribution in [0.15, 0.2) is 23.1 Å². The largest absolute Gasteiger partial charge is 0.497 e. The van der Waals surface area contributed by atoms with Gasteiger partial charge < -0.3 is 9.64 Å². The van der Waals surface area contributed by atoms with Gasteiger partial charge in [-0.25, -0.2) is 13.1 Å². The van der Waals surface area contributed by atoms with Crippen LogP contribution in [0.25, 0.3) is 0 Å². The van der Waals surface area contributed by atoms with Crippen LogP contribution in [0.5, 0.6) is 5.75 Å². The molecule has 1 aromatic carbocycles. The van der Waals surface area contributed by atoms with Crippen molar-refractivity contribution in [2.75, 3.05) is 33.3 Å². The number of methoxy groups -OCH3 is 1. The highest BCUT2D eigenvalue weighted by molar-refractivity contribution is 7.89. The Hall–Kier alpha value is -1.71. The highest BCUT2D eigenvalue weighted by Gasteiger charge is 2.26. The number of nitro benzene ring substituents is 1. The fourth-order valence-electron chi connectivity index (χ4n) is 2.76. The number of hydrogen-bond donors (Lipinski definition) is 1. The molecule has 1 N–H and O–H groups in total. The zero-order valence-corrected chi connectivity index (χ0v) is 14.5. The van der Waals surface area contributed by atoms with Gasteiger partial charge in [0, 0.05) is 6.54 Å². The maximum Gasteiger partial charge on any atom is 0.293 e. The van der Waals surface area contributed by atoms with Gasteiger partial charge in [0.15, 0.2) is 4.90 Å². The molecule has 9 heteroatoms. The fourth-order valence-corrected chi connectivity index (χ4v) is 3.99. The van der Waals surface area contributed by atoms with E-state index in [1.54, 1.807) is 0 Å². The Balaban J connectivity index is 1.98. The number of nitro groups is 1. The van der Waals surface area contributed by atoms with Gasteiger partial charge in [-0.3, -0.25) is 10.1 Å². The Labute approximate surface area is 142 Å². The minimum atomic E-state index is -3.93. The van der Waals surface area contributed by atoms with Gasteiger partial charge in [-0.2, -0.15) is 0 Å². The van der Waals surface area contributed by atoms with Crippen molar-refractivity contribution in [2.45, 2.75) is 30.6 Å². The molecule has 0 bridgehead atoms. The summed E-state index contributed by atoms with van der Waals surface area (Å²) in [5.74, 6) is 0.241. The van der Waals surface area contributed by atoms with E-state index < -0.39 is 20.6 Å². The predicted octanol–water partition coefficient (Wildman–Crippen LogP) is 1.76. The summed E-state index contributed by atoms with van der Waals surface area (Å²) in [5, 5.41) is 11.1. The number of hydrogen-bond acceptors (Lipinski definition) is 6. The van der Waals surface area contributed by atoms with E-state index in [0.29, 0.717) is 6.42 Å². The molecular weight excluding hydrogens is 334 g/mol. The van der Waals surface area contributed by atoms with Crippen molar-refractivity contribution in [3.8, 4) is 5.75 Å². The summed E-state index contributed by atoms with van der Waals surface area (Å²) in [6.07, 6.45) is 4.29. The second-order valence-electron chi connectivity index (χ2n) is 5.74. The van der Waals surface area contributed by atoms with Crippen LogP contribution >= 0.6 is 0 Å². The third kappa shape index (κ3) is 4.89. The van der Waals surface area contributed by atoms with E-state index in [9.17, 15) is 18.5 Å². The zero-order chi connectivity index (χ0) is 17.6. The molecule has 0 spiro atoms. The third-order valence-electron chi connectivity index (χ3n) is 4.04. The molecule has 0 aromatic heterocycles. The molecule has 0 atom stereocenters. The van der Waals surface area contributed by atoms with E-state index >= 15 is 0 Å². The lowest BCUT2D eigenvalue weighted by Gasteiger charge is -2.26. The number of nitrogens with zero attached hydrogens (tertiary/aromatic N) is 2. The van der Waals surface area contributed by atoms with Crippen LogP contribution in [-0.2, 0) is 10.0 Å². The van der Waals surface area contributed by atoms with Crippen LogP contribution in [0.3, 0.4) is 0 Å². The molecule has 0 aliphatic carbocycles. The van der Waals surface area contributed by atoms with Crippen LogP contribution in [0, 0.1) is 10.1 Å². The first kappa shape index (κ1) is 18.6. The molecule has 2 rings (SSSR count). The van der Waals surface area contributed by atoms with Gasteiger partial charge in [0.25, 0.3) is 5.69 Å². The minimum Gasteiger partial charge on any atom is -0.497 e. The molecule has 1 aliphatic rings. The van der Waals surface area contributed by atoms with Gasteiger partial charge in [0.2, 0.25) is 10.0 Å². The lowest BCUT2D eigenvalue weighted by Crippen LogP contribution is -2.33. The number of nitrogens with one attached hydrogen (secondary N) is 1. The highest BCUT2D eigenvalue weighted by Crippen LogP contribution is 2.28. The first-order valence-corrected chi connectivity index (χ1v) is 9.47. The number of likely N-dealkylation sites (tertiary alicyclic amines) is 1. The number of piperidine rings is 1. The number of sulfonamides is 1. The number of ether oxygens (including phenoxy) is 1. The first-order chi connectivity index (χ1) is 11.4. The SMILES string of the molecule is COc1ccc(S(=O)(=O)NCCCN2CCCCC2)c([N+](=O)[O-])c1. The molecule has 1 heterocycles. The second-order valence-corrected chi connectivity index (χ2v) is 7.48. The fraction of sp³-hybridized carbons (Fsp3) is 0.600. The highest BCUT2D eigenvalue weighted by atomic mass is 32.2. The van der Waals surface area contributed by atoms with Gasteiger partial charge in [0.05, 0.1) is 18.1 Å². The summed E-state index contributed by atoms with van der Waals surface area (Å²) in [5.41, 5.74) is -0.488. The number of rotatable bonds is 8. The summed E-state index contributed by atoms with van der Waals surface area (Å²) in [6.45, 7) is 3.18. The van der Waals surface area contributed by atoms with E-state index in [1.807, 2.05) is 0 Å². The molecule has 1 aromatic rings. The molecule has 8 nitrogen and oxygen atoms in total. The van der Waals surface area contributed by atoms with Gasteiger partial charge in [-0.1, -0.05) is 6.42 Å². The van der Waals surface area contributed by atoms with E-state index in [2.05, 4.69) is 9.62 Å². The van der Waals surface area contributed by atoms with Crippen LogP contribution in [-0.4, -0.2) is 51.5 Å². The Morgan fingerprint density at radius 1 is 1.29 bits per heavy atom. The van der Waals surface area contributed by atoms with Crippen LogP contribution in [0.1, 0.15) is 25.7 Å².